The highest BCUT2D eigenvalue weighted by Gasteiger charge is 2.26. The molecule has 2 aromatic heterocycles. The first-order chi connectivity index (χ1) is 10.5. The number of fused-ring (bicyclic) bond motifs is 1. The zero-order chi connectivity index (χ0) is 15.7. The van der Waals surface area contributed by atoms with Gasteiger partial charge in [-0.05, 0) is 54.0 Å². The number of benzene rings is 1. The molecule has 0 aliphatic rings. The molecule has 1 atom stereocenters. The van der Waals surface area contributed by atoms with E-state index in [-0.39, 0.29) is 0 Å². The van der Waals surface area contributed by atoms with E-state index in [1.807, 2.05) is 37.3 Å². The molecular weight excluding hydrogens is 344 g/mol. The lowest BCUT2D eigenvalue weighted by Gasteiger charge is -2.22. The predicted octanol–water partition coefficient (Wildman–Crippen LogP) is 4.22. The number of nitrogens with zero attached hydrogens (tertiary/aromatic N) is 1. The Morgan fingerprint density at radius 2 is 2.09 bits per heavy atom. The van der Waals surface area contributed by atoms with Crippen molar-refractivity contribution in [3.8, 4) is 0 Å². The molecule has 0 amide bonds. The number of anilines is 1. The number of para-hydroxylation sites is 1. The van der Waals surface area contributed by atoms with Crippen molar-refractivity contribution < 1.29 is 9.52 Å². The van der Waals surface area contributed by atoms with Gasteiger partial charge in [0.25, 0.3) is 0 Å². The van der Waals surface area contributed by atoms with Crippen LogP contribution in [-0.2, 0) is 5.60 Å². The van der Waals surface area contributed by atoms with Gasteiger partial charge in [0.2, 0.25) is 0 Å². The number of halogens is 1. The molecule has 1 unspecified atom stereocenters. The summed E-state index contributed by atoms with van der Waals surface area (Å²) in [7, 11) is 0. The Morgan fingerprint density at radius 3 is 2.82 bits per heavy atom. The van der Waals surface area contributed by atoms with Crippen LogP contribution in [0, 0.1) is 6.92 Å². The van der Waals surface area contributed by atoms with E-state index in [0.717, 1.165) is 26.8 Å². The molecule has 0 aliphatic carbocycles. The van der Waals surface area contributed by atoms with E-state index in [4.69, 9.17) is 4.42 Å². The third-order valence-corrected chi connectivity index (χ3v) is 4.26. The number of rotatable bonds is 4. The minimum absolute atomic E-state index is 0.339. The van der Waals surface area contributed by atoms with Crippen LogP contribution in [0.2, 0.25) is 0 Å². The fourth-order valence-corrected chi connectivity index (χ4v) is 2.84. The molecule has 22 heavy (non-hydrogen) atoms. The van der Waals surface area contributed by atoms with E-state index in [9.17, 15) is 5.11 Å². The highest BCUT2D eigenvalue weighted by molar-refractivity contribution is 9.10. The predicted molar refractivity (Wildman–Crippen MR) is 90.9 cm³/mol. The SMILES string of the molecule is Cc1ccc(C(C)(O)CNc2ccnc3c(Br)cccc23)o1. The maximum atomic E-state index is 10.6. The number of hydrogen-bond acceptors (Lipinski definition) is 4. The van der Waals surface area contributed by atoms with Crippen molar-refractivity contribution in [3.05, 3.63) is 58.6 Å². The van der Waals surface area contributed by atoms with Gasteiger partial charge in [0, 0.05) is 21.7 Å². The number of pyridine rings is 1. The summed E-state index contributed by atoms with van der Waals surface area (Å²) in [5.74, 6) is 1.34. The van der Waals surface area contributed by atoms with Gasteiger partial charge in [-0.1, -0.05) is 12.1 Å². The van der Waals surface area contributed by atoms with Crippen molar-refractivity contribution in [2.75, 3.05) is 11.9 Å². The first-order valence-corrected chi connectivity index (χ1v) is 7.83. The monoisotopic (exact) mass is 360 g/mol. The Balaban J connectivity index is 1.86. The molecule has 0 fully saturated rings. The molecule has 4 nitrogen and oxygen atoms in total. The van der Waals surface area contributed by atoms with Crippen LogP contribution in [0.1, 0.15) is 18.4 Å². The normalized spacial score (nSPS) is 14.0. The van der Waals surface area contributed by atoms with Crippen LogP contribution < -0.4 is 5.32 Å². The number of nitrogens with one attached hydrogen (secondary N) is 1. The summed E-state index contributed by atoms with van der Waals surface area (Å²) in [6, 6.07) is 11.5. The number of hydrogen-bond donors (Lipinski definition) is 2. The largest absolute Gasteiger partial charge is 0.463 e. The highest BCUT2D eigenvalue weighted by Crippen LogP contribution is 2.29. The summed E-state index contributed by atoms with van der Waals surface area (Å²) in [5.41, 5.74) is 0.728. The summed E-state index contributed by atoms with van der Waals surface area (Å²) in [6.07, 6.45) is 1.75. The van der Waals surface area contributed by atoms with Crippen molar-refractivity contribution in [1.29, 1.82) is 0 Å². The molecule has 0 spiro atoms. The number of aryl methyl sites for hydroxylation is 1. The molecular formula is C17H17BrN2O2. The Morgan fingerprint density at radius 1 is 1.27 bits per heavy atom. The van der Waals surface area contributed by atoms with Gasteiger partial charge in [0.1, 0.15) is 17.1 Å². The van der Waals surface area contributed by atoms with E-state index in [0.29, 0.717) is 12.3 Å². The summed E-state index contributed by atoms with van der Waals surface area (Å²) in [5, 5.41) is 14.9. The molecule has 0 bridgehead atoms. The Hall–Kier alpha value is -1.85. The number of furan rings is 1. The van der Waals surface area contributed by atoms with E-state index < -0.39 is 5.60 Å². The van der Waals surface area contributed by atoms with Crippen LogP contribution in [0.4, 0.5) is 5.69 Å². The van der Waals surface area contributed by atoms with Crippen molar-refractivity contribution >= 4 is 32.5 Å². The van der Waals surface area contributed by atoms with Gasteiger partial charge in [-0.15, -0.1) is 0 Å². The van der Waals surface area contributed by atoms with Gasteiger partial charge in [-0.3, -0.25) is 4.98 Å². The Kier molecular flexibility index (Phi) is 3.93. The summed E-state index contributed by atoms with van der Waals surface area (Å²) in [4.78, 5) is 4.38. The molecule has 0 radical (unpaired) electrons. The first-order valence-electron chi connectivity index (χ1n) is 7.04. The molecule has 2 N–H and O–H groups in total. The van der Waals surface area contributed by atoms with Gasteiger partial charge in [0.05, 0.1) is 12.1 Å². The summed E-state index contributed by atoms with van der Waals surface area (Å²) >= 11 is 3.51. The average Bonchev–Trinajstić information content (AvgIpc) is 2.93. The fraction of sp³-hybridized carbons (Fsp3) is 0.235. The standard InChI is InChI=1S/C17H17BrN2O2/c1-11-6-7-15(22-11)17(2,21)10-20-14-8-9-19-16-12(14)4-3-5-13(16)18/h3-9,21H,10H2,1-2H3,(H,19,20). The number of aliphatic hydroxyl groups is 1. The zero-order valence-corrected chi connectivity index (χ0v) is 14.0. The van der Waals surface area contributed by atoms with Crippen molar-refractivity contribution in [2.24, 2.45) is 0 Å². The van der Waals surface area contributed by atoms with Crippen LogP contribution in [0.5, 0.6) is 0 Å². The molecule has 0 saturated carbocycles. The lowest BCUT2D eigenvalue weighted by molar-refractivity contribution is 0.0468. The molecule has 1 aromatic carbocycles. The maximum absolute atomic E-state index is 10.6. The van der Waals surface area contributed by atoms with Crippen molar-refractivity contribution in [1.82, 2.24) is 4.98 Å². The smallest absolute Gasteiger partial charge is 0.137 e. The summed E-state index contributed by atoms with van der Waals surface area (Å²) < 4.78 is 6.48. The minimum atomic E-state index is -1.09. The molecule has 2 heterocycles. The molecule has 114 valence electrons. The van der Waals surface area contributed by atoms with Crippen LogP contribution in [0.15, 0.2) is 51.5 Å². The van der Waals surface area contributed by atoms with Gasteiger partial charge in [-0.2, -0.15) is 0 Å². The highest BCUT2D eigenvalue weighted by atomic mass is 79.9. The van der Waals surface area contributed by atoms with Gasteiger partial charge in [0.15, 0.2) is 0 Å². The average molecular weight is 361 g/mol. The van der Waals surface area contributed by atoms with Gasteiger partial charge in [-0.25, -0.2) is 0 Å². The fourth-order valence-electron chi connectivity index (χ4n) is 2.37. The second-order valence-corrected chi connectivity index (χ2v) is 6.39. The second-order valence-electron chi connectivity index (χ2n) is 5.53. The summed E-state index contributed by atoms with van der Waals surface area (Å²) in [6.45, 7) is 3.93. The Bertz CT molecular complexity index is 811. The third-order valence-electron chi connectivity index (χ3n) is 3.62. The number of aromatic nitrogens is 1. The molecule has 0 saturated heterocycles. The van der Waals surface area contributed by atoms with Crippen LogP contribution in [0.3, 0.4) is 0 Å². The zero-order valence-electron chi connectivity index (χ0n) is 12.4. The quantitative estimate of drug-likeness (QED) is 0.731. The molecule has 3 aromatic rings. The van der Waals surface area contributed by atoms with Crippen LogP contribution >= 0.6 is 15.9 Å². The van der Waals surface area contributed by atoms with Gasteiger partial charge < -0.3 is 14.8 Å². The Labute approximate surface area is 137 Å². The topological polar surface area (TPSA) is 58.3 Å². The van der Waals surface area contributed by atoms with E-state index in [2.05, 4.69) is 26.2 Å². The van der Waals surface area contributed by atoms with Gasteiger partial charge >= 0.3 is 0 Å². The van der Waals surface area contributed by atoms with E-state index in [1.54, 1.807) is 19.2 Å². The van der Waals surface area contributed by atoms with E-state index in [1.165, 1.54) is 0 Å². The molecule has 0 aliphatic heterocycles. The lowest BCUT2D eigenvalue weighted by atomic mass is 10.0. The van der Waals surface area contributed by atoms with Crippen molar-refractivity contribution in [2.45, 2.75) is 19.4 Å². The second kappa shape index (κ2) is 5.74. The van der Waals surface area contributed by atoms with Crippen molar-refractivity contribution in [3.63, 3.8) is 0 Å². The first kappa shape index (κ1) is 15.1. The molecule has 3 rings (SSSR count). The third kappa shape index (κ3) is 2.87. The van der Waals surface area contributed by atoms with Crippen LogP contribution in [-0.4, -0.2) is 16.6 Å². The van der Waals surface area contributed by atoms with Crippen LogP contribution in [0.25, 0.3) is 10.9 Å². The lowest BCUT2D eigenvalue weighted by Crippen LogP contribution is -2.30. The van der Waals surface area contributed by atoms with E-state index >= 15 is 0 Å². The maximum Gasteiger partial charge on any atom is 0.137 e. The molecule has 5 heteroatoms. The minimum Gasteiger partial charge on any atom is -0.463 e.